The van der Waals surface area contributed by atoms with Crippen LogP contribution in [0.15, 0.2) is 21.8 Å². The van der Waals surface area contributed by atoms with Crippen LogP contribution in [0.2, 0.25) is 0 Å². The van der Waals surface area contributed by atoms with Gasteiger partial charge in [0, 0.05) is 0 Å². The zero-order chi connectivity index (χ0) is 21.6. The van der Waals surface area contributed by atoms with Gasteiger partial charge in [-0.15, -0.1) is 0 Å². The number of aliphatic hydroxyl groups excluding tert-OH is 2. The minimum absolute atomic E-state index is 0.0659. The van der Waals surface area contributed by atoms with Crippen LogP contribution in [0.3, 0.4) is 0 Å². The van der Waals surface area contributed by atoms with E-state index in [0.717, 1.165) is 11.2 Å². The van der Waals surface area contributed by atoms with Gasteiger partial charge in [-0.1, -0.05) is 0 Å². The molecule has 0 radical (unpaired) electrons. The van der Waals surface area contributed by atoms with Crippen molar-refractivity contribution in [3.63, 3.8) is 0 Å². The number of rotatable bonds is 9. The molecule has 0 aliphatic carbocycles. The van der Waals surface area contributed by atoms with E-state index < -0.39 is 63.4 Å². The van der Waals surface area contributed by atoms with Crippen molar-refractivity contribution in [1.29, 1.82) is 0 Å². The Kier molecular flexibility index (Phi) is 8.86. The van der Waals surface area contributed by atoms with Crippen LogP contribution in [0.5, 0.6) is 0 Å². The normalized spacial score (nSPS) is 32.5. The molecule has 29 heavy (non-hydrogen) atoms. The molecular formula is C15H25IN4O9. The molecule has 0 saturated carbocycles. The molecule has 0 aromatic heterocycles. The molecule has 1 fully saturated rings. The number of hydrogen-bond donors (Lipinski definition) is 4. The predicted molar refractivity (Wildman–Crippen MR) is 92.4 cm³/mol. The molecule has 2 rings (SSSR count). The van der Waals surface area contributed by atoms with Gasteiger partial charge in [-0.3, -0.25) is 0 Å². The third kappa shape index (κ3) is 6.63. The second-order valence-electron chi connectivity index (χ2n) is 6.10. The number of urea groups is 1. The average molecular weight is 532 g/mol. The molecule has 166 valence electrons. The number of aliphatic imine (C=N–C) groups is 2. The molecule has 0 spiro atoms. The molecule has 5 N–H and O–H groups in total. The van der Waals surface area contributed by atoms with Gasteiger partial charge in [-0.2, -0.15) is 0 Å². The third-order valence-corrected chi connectivity index (χ3v) is 6.50. The van der Waals surface area contributed by atoms with E-state index in [2.05, 4.69) is 16.7 Å². The fourth-order valence-corrected chi connectivity index (χ4v) is 5.05. The van der Waals surface area contributed by atoms with Gasteiger partial charge in [0.1, 0.15) is 0 Å². The van der Waals surface area contributed by atoms with Gasteiger partial charge in [0.25, 0.3) is 0 Å². The summed E-state index contributed by atoms with van der Waals surface area (Å²) in [5, 5.41) is 19.3. The Bertz CT molecular complexity index is 647. The van der Waals surface area contributed by atoms with Crippen molar-refractivity contribution in [2.75, 3.05) is 19.9 Å². The summed E-state index contributed by atoms with van der Waals surface area (Å²) in [6.07, 6.45) is -2.34. The summed E-state index contributed by atoms with van der Waals surface area (Å²) >= 11 is -5.39. The summed E-state index contributed by atoms with van der Waals surface area (Å²) in [7, 11) is 0. The van der Waals surface area contributed by atoms with E-state index in [4.69, 9.17) is 21.3 Å². The van der Waals surface area contributed by atoms with E-state index in [-0.39, 0.29) is 19.7 Å². The molecule has 2 aliphatic heterocycles. The van der Waals surface area contributed by atoms with E-state index >= 15 is 0 Å². The summed E-state index contributed by atoms with van der Waals surface area (Å²) in [6.45, 7) is 3.77. The monoisotopic (exact) mass is 532 g/mol. The number of carbonyl (C=O) groups is 1. The number of carbonyl (C=O) groups excluding carboxylic acids is 1. The zero-order valence-electron chi connectivity index (χ0n) is 15.7. The van der Waals surface area contributed by atoms with Crippen molar-refractivity contribution in [1.82, 2.24) is 4.90 Å². The first-order valence-corrected chi connectivity index (χ1v) is 12.1. The van der Waals surface area contributed by atoms with Gasteiger partial charge in [0.15, 0.2) is 0 Å². The van der Waals surface area contributed by atoms with Gasteiger partial charge in [-0.05, 0) is 0 Å². The fraction of sp³-hybridized carbons (Fsp3) is 0.667. The van der Waals surface area contributed by atoms with Crippen molar-refractivity contribution in [3.05, 3.63) is 11.8 Å². The molecule has 0 aromatic rings. The first-order chi connectivity index (χ1) is 13.7. The molecule has 2 heterocycles. The van der Waals surface area contributed by atoms with Gasteiger partial charge in [-0.25, -0.2) is 0 Å². The van der Waals surface area contributed by atoms with Crippen LogP contribution in [0.1, 0.15) is 13.3 Å². The Balaban J connectivity index is 1.98. The van der Waals surface area contributed by atoms with Crippen LogP contribution < -0.4 is 29.3 Å². The molecule has 2 amide bonds. The third-order valence-electron chi connectivity index (χ3n) is 4.05. The van der Waals surface area contributed by atoms with E-state index in [1.165, 1.54) is 6.08 Å². The number of aliphatic hydroxyl groups is 2. The molecule has 0 bridgehead atoms. The fourth-order valence-electron chi connectivity index (χ4n) is 2.73. The molecule has 6 atom stereocenters. The molecular weight excluding hydrogens is 507 g/mol. The van der Waals surface area contributed by atoms with Crippen LogP contribution in [-0.4, -0.2) is 88.2 Å². The number of allylic oxidation sites excluding steroid dienone is 1. The number of ether oxygens (including phenoxy) is 2. The van der Waals surface area contributed by atoms with Crippen molar-refractivity contribution < 1.29 is 57.6 Å². The maximum atomic E-state index is 12.4. The molecule has 0 aromatic carbocycles. The van der Waals surface area contributed by atoms with E-state index in [9.17, 15) is 21.9 Å². The number of hydrogen-bond acceptors (Lipinski definition) is 11. The summed E-state index contributed by atoms with van der Waals surface area (Å²) in [4.78, 5) is 19.9. The Morgan fingerprint density at radius 1 is 1.59 bits per heavy atom. The number of halogens is 1. The van der Waals surface area contributed by atoms with Gasteiger partial charge < -0.3 is 0 Å². The van der Waals surface area contributed by atoms with E-state index in [1.807, 2.05) is 0 Å². The Hall–Kier alpha value is -1.24. The maximum absolute atomic E-state index is 12.4. The number of amides is 2. The van der Waals surface area contributed by atoms with Crippen LogP contribution in [-0.2, 0) is 15.6 Å². The predicted octanol–water partition coefficient (Wildman–Crippen LogP) is -5.60. The summed E-state index contributed by atoms with van der Waals surface area (Å²) < 4.78 is 43.4. The quantitative estimate of drug-likeness (QED) is 0.127. The van der Waals surface area contributed by atoms with Crippen molar-refractivity contribution >= 4 is 19.1 Å². The first kappa shape index (κ1) is 24.0. The molecule has 6 unspecified atom stereocenters. The van der Waals surface area contributed by atoms with Crippen molar-refractivity contribution in [2.24, 2.45) is 15.7 Å². The zero-order valence-corrected chi connectivity index (χ0v) is 17.8. The number of nitrogens with zero attached hydrogens (tertiary/aromatic N) is 3. The second-order valence-corrected chi connectivity index (χ2v) is 9.49. The summed E-state index contributed by atoms with van der Waals surface area (Å²) in [5.74, 6) is 0.472. The van der Waals surface area contributed by atoms with Gasteiger partial charge in [0.05, 0.1) is 0 Å². The van der Waals surface area contributed by atoms with Crippen LogP contribution in [0.4, 0.5) is 4.79 Å². The molecule has 13 nitrogen and oxygen atoms in total. The number of nitrogens with two attached hydrogens (primary N) is 1. The Morgan fingerprint density at radius 3 is 2.86 bits per heavy atom. The SMILES string of the molecule is C=NC(=O)N(C=NCN)C1CC(O[I+]([O-])(O)OCC2OC(C)=CC2O)C(CO)O1. The Labute approximate surface area is 173 Å². The molecule has 14 heteroatoms. The topological polar surface area (TPSA) is 192 Å². The Morgan fingerprint density at radius 2 is 2.31 bits per heavy atom. The van der Waals surface area contributed by atoms with Crippen LogP contribution >= 0.6 is 0 Å². The van der Waals surface area contributed by atoms with E-state index in [0.29, 0.717) is 5.76 Å². The van der Waals surface area contributed by atoms with Crippen molar-refractivity contribution in [3.8, 4) is 0 Å². The van der Waals surface area contributed by atoms with Crippen LogP contribution in [0, 0.1) is 0 Å². The van der Waals surface area contributed by atoms with Crippen molar-refractivity contribution in [2.45, 2.75) is 44.0 Å². The standard InChI is InChI=1S/C15H25IN4O9/c1-9-3-10(22)13(27-9)6-26-16(24,25)29-11-4-14(28-12(11)5-21)20(8-19-7-17)15(23)18-2/h3,8,10-14,21-22,24H,2,4-7,17H2,1H3. The molecule has 2 aliphatic rings. The first-order valence-electron chi connectivity index (χ1n) is 8.53. The second kappa shape index (κ2) is 10.7. The van der Waals surface area contributed by atoms with Gasteiger partial charge >= 0.3 is 173 Å². The minimum atomic E-state index is -5.39. The average Bonchev–Trinajstić information content (AvgIpc) is 3.21. The molecule has 1 saturated heterocycles. The van der Waals surface area contributed by atoms with E-state index in [1.54, 1.807) is 6.92 Å². The summed E-state index contributed by atoms with van der Waals surface area (Å²) in [5.41, 5.74) is 5.28. The summed E-state index contributed by atoms with van der Waals surface area (Å²) in [6, 6.07) is -0.783. The van der Waals surface area contributed by atoms with Crippen LogP contribution in [0.25, 0.3) is 0 Å². The van der Waals surface area contributed by atoms with Gasteiger partial charge in [0.2, 0.25) is 0 Å².